The smallest absolute Gasteiger partial charge is 0.343 e. The van der Waals surface area contributed by atoms with E-state index in [1.54, 1.807) is 84.9 Å². The summed E-state index contributed by atoms with van der Waals surface area (Å²) in [5.74, 6) is -0.849. The van der Waals surface area contributed by atoms with Gasteiger partial charge in [0.1, 0.15) is 17.1 Å². The van der Waals surface area contributed by atoms with Crippen molar-refractivity contribution in [2.24, 2.45) is 0 Å². The topological polar surface area (TPSA) is 70.8 Å². The molecule has 0 N–H and O–H groups in total. The minimum absolute atomic E-state index is 0.225. The first-order chi connectivity index (χ1) is 17.3. The number of carbonyl (C=O) groups excluding carboxylic acids is 3. The summed E-state index contributed by atoms with van der Waals surface area (Å²) in [6.45, 7) is 1.90. The summed E-state index contributed by atoms with van der Waals surface area (Å²) >= 11 is 12.4. The number of barbiturate groups is 1. The highest BCUT2D eigenvalue weighted by Gasteiger charge is 2.43. The summed E-state index contributed by atoms with van der Waals surface area (Å²) in [7, 11) is 0. The van der Waals surface area contributed by atoms with Gasteiger partial charge >= 0.3 is 6.03 Å². The minimum atomic E-state index is -0.761. The number of anilines is 2. The molecular weight excluding hydrogens is 499 g/mol. The lowest BCUT2D eigenvalue weighted by molar-refractivity contribution is -0.121. The number of halogens is 2. The summed E-state index contributed by atoms with van der Waals surface area (Å²) in [5.41, 5.74) is 1.99. The number of furan rings is 1. The number of benzene rings is 3. The Hall–Kier alpha value is -4.13. The van der Waals surface area contributed by atoms with Crippen LogP contribution in [0.25, 0.3) is 17.4 Å². The van der Waals surface area contributed by atoms with Gasteiger partial charge in [-0.3, -0.25) is 9.59 Å². The second-order valence-corrected chi connectivity index (χ2v) is 8.96. The number of nitrogens with zero attached hydrogens (tertiary/aromatic N) is 2. The molecule has 4 amide bonds. The van der Waals surface area contributed by atoms with Crippen LogP contribution in [0.15, 0.2) is 94.9 Å². The van der Waals surface area contributed by atoms with E-state index in [-0.39, 0.29) is 11.3 Å². The van der Waals surface area contributed by atoms with Crippen molar-refractivity contribution in [3.63, 3.8) is 0 Å². The molecule has 2 heterocycles. The van der Waals surface area contributed by atoms with Crippen LogP contribution in [0.4, 0.5) is 16.2 Å². The van der Waals surface area contributed by atoms with Crippen LogP contribution in [-0.2, 0) is 9.59 Å². The molecule has 0 atom stereocenters. The molecule has 1 aliphatic rings. The van der Waals surface area contributed by atoms with E-state index < -0.39 is 17.8 Å². The first-order valence-corrected chi connectivity index (χ1v) is 11.7. The fourth-order valence-corrected chi connectivity index (χ4v) is 4.24. The van der Waals surface area contributed by atoms with Gasteiger partial charge in [0.05, 0.1) is 16.4 Å². The molecule has 5 rings (SSSR count). The van der Waals surface area contributed by atoms with Crippen LogP contribution in [0.5, 0.6) is 0 Å². The fraction of sp³-hybridized carbons (Fsp3) is 0.0357. The van der Waals surface area contributed by atoms with E-state index in [1.165, 1.54) is 6.08 Å². The van der Waals surface area contributed by atoms with Crippen LogP contribution < -0.4 is 9.80 Å². The van der Waals surface area contributed by atoms with Crippen LogP contribution in [0.3, 0.4) is 0 Å². The SMILES string of the molecule is Cc1ccc(N2C(=O)/C(=C/c3ccc(-c4cc(Cl)ccc4Cl)o3)C(=O)N(c3ccccc3)C2=O)cc1. The summed E-state index contributed by atoms with van der Waals surface area (Å²) in [4.78, 5) is 42.3. The Morgan fingerprint density at radius 3 is 2.06 bits per heavy atom. The molecule has 0 spiro atoms. The van der Waals surface area contributed by atoms with Crippen LogP contribution in [0, 0.1) is 6.92 Å². The van der Waals surface area contributed by atoms with Crippen molar-refractivity contribution in [3.8, 4) is 11.3 Å². The van der Waals surface area contributed by atoms with Gasteiger partial charge < -0.3 is 4.42 Å². The number of para-hydroxylation sites is 1. The number of urea groups is 1. The largest absolute Gasteiger partial charge is 0.457 e. The molecular formula is C28H18Cl2N2O4. The monoisotopic (exact) mass is 516 g/mol. The molecule has 0 radical (unpaired) electrons. The third kappa shape index (κ3) is 4.33. The highest BCUT2D eigenvalue weighted by Crippen LogP contribution is 2.34. The lowest BCUT2D eigenvalue weighted by Crippen LogP contribution is -2.57. The van der Waals surface area contributed by atoms with Gasteiger partial charge in [-0.1, -0.05) is 59.1 Å². The van der Waals surface area contributed by atoms with Crippen LogP contribution in [0.1, 0.15) is 11.3 Å². The van der Waals surface area contributed by atoms with E-state index in [1.807, 2.05) is 6.92 Å². The van der Waals surface area contributed by atoms with E-state index >= 15 is 0 Å². The van der Waals surface area contributed by atoms with Gasteiger partial charge in [-0.05, 0) is 67.6 Å². The van der Waals surface area contributed by atoms with Gasteiger partial charge in [-0.25, -0.2) is 14.6 Å². The molecule has 1 fully saturated rings. The quantitative estimate of drug-likeness (QED) is 0.213. The molecule has 3 aromatic carbocycles. The molecule has 1 aromatic heterocycles. The van der Waals surface area contributed by atoms with Gasteiger partial charge in [0.25, 0.3) is 11.8 Å². The van der Waals surface area contributed by atoms with Crippen molar-refractivity contribution >= 4 is 58.5 Å². The average Bonchev–Trinajstić information content (AvgIpc) is 3.34. The third-order valence-electron chi connectivity index (χ3n) is 5.66. The zero-order chi connectivity index (χ0) is 25.4. The van der Waals surface area contributed by atoms with E-state index in [2.05, 4.69) is 0 Å². The van der Waals surface area contributed by atoms with Gasteiger partial charge in [-0.15, -0.1) is 0 Å². The molecule has 0 aliphatic carbocycles. The van der Waals surface area contributed by atoms with Gasteiger partial charge in [0.15, 0.2) is 0 Å². The number of rotatable bonds is 4. The number of hydrogen-bond acceptors (Lipinski definition) is 4. The number of hydrogen-bond donors (Lipinski definition) is 0. The Balaban J connectivity index is 1.60. The molecule has 6 nitrogen and oxygen atoms in total. The average molecular weight is 517 g/mol. The number of carbonyl (C=O) groups is 3. The zero-order valence-corrected chi connectivity index (χ0v) is 20.5. The van der Waals surface area contributed by atoms with Crippen LogP contribution >= 0.6 is 23.2 Å². The first kappa shape index (κ1) is 23.6. The van der Waals surface area contributed by atoms with Crippen molar-refractivity contribution < 1.29 is 18.8 Å². The van der Waals surface area contributed by atoms with Gasteiger partial charge in [-0.2, -0.15) is 0 Å². The second-order valence-electron chi connectivity index (χ2n) is 8.12. The first-order valence-electron chi connectivity index (χ1n) is 10.9. The Labute approximate surface area is 217 Å². The highest BCUT2D eigenvalue weighted by molar-refractivity contribution is 6.46. The fourth-order valence-electron chi connectivity index (χ4n) is 3.86. The number of imide groups is 2. The standard InChI is InChI=1S/C28H18Cl2N2O4/c1-17-7-10-20(11-8-17)32-27(34)23(26(33)31(28(32)35)19-5-3-2-4-6-19)16-21-12-14-25(36-21)22-15-18(29)9-13-24(22)30/h2-16H,1H3/b23-16+. The zero-order valence-electron chi connectivity index (χ0n) is 18.9. The molecule has 0 bridgehead atoms. The van der Waals surface area contributed by atoms with Gasteiger partial charge in [0.2, 0.25) is 0 Å². The lowest BCUT2D eigenvalue weighted by atomic mass is 10.1. The van der Waals surface area contributed by atoms with E-state index in [0.29, 0.717) is 32.7 Å². The van der Waals surface area contributed by atoms with Crippen molar-refractivity contribution in [2.45, 2.75) is 6.92 Å². The number of amides is 4. The summed E-state index contributed by atoms with van der Waals surface area (Å²) in [6, 6.07) is 22.8. The Morgan fingerprint density at radius 2 is 1.39 bits per heavy atom. The maximum absolute atomic E-state index is 13.5. The minimum Gasteiger partial charge on any atom is -0.457 e. The predicted molar refractivity (Wildman–Crippen MR) is 140 cm³/mol. The molecule has 0 unspecified atom stereocenters. The van der Waals surface area contributed by atoms with Crippen molar-refractivity contribution in [2.75, 3.05) is 9.80 Å². The van der Waals surface area contributed by atoms with Gasteiger partial charge in [0, 0.05) is 10.6 Å². The second kappa shape index (κ2) is 9.49. The maximum atomic E-state index is 13.5. The summed E-state index contributed by atoms with van der Waals surface area (Å²) in [6.07, 6.45) is 1.33. The van der Waals surface area contributed by atoms with Crippen LogP contribution in [0.2, 0.25) is 10.0 Å². The highest BCUT2D eigenvalue weighted by atomic mass is 35.5. The molecule has 8 heteroatoms. The predicted octanol–water partition coefficient (Wildman–Crippen LogP) is 7.15. The molecule has 1 aliphatic heterocycles. The molecule has 0 saturated carbocycles. The normalized spacial score (nSPS) is 15.2. The van der Waals surface area contributed by atoms with Crippen molar-refractivity contribution in [1.29, 1.82) is 0 Å². The summed E-state index contributed by atoms with van der Waals surface area (Å²) in [5, 5.41) is 0.915. The Kier molecular flexibility index (Phi) is 6.22. The molecule has 36 heavy (non-hydrogen) atoms. The van der Waals surface area contributed by atoms with Crippen LogP contribution in [-0.4, -0.2) is 17.8 Å². The molecule has 4 aromatic rings. The van der Waals surface area contributed by atoms with E-state index in [9.17, 15) is 14.4 Å². The molecule has 1 saturated heterocycles. The maximum Gasteiger partial charge on any atom is 0.343 e. The van der Waals surface area contributed by atoms with E-state index in [0.717, 1.165) is 15.4 Å². The summed E-state index contributed by atoms with van der Waals surface area (Å²) < 4.78 is 5.88. The van der Waals surface area contributed by atoms with Crippen molar-refractivity contribution in [1.82, 2.24) is 0 Å². The number of aryl methyl sites for hydroxylation is 1. The van der Waals surface area contributed by atoms with Crippen molar-refractivity contribution in [3.05, 3.63) is 112 Å². The molecule has 178 valence electrons. The Morgan fingerprint density at radius 1 is 0.750 bits per heavy atom. The van der Waals surface area contributed by atoms with E-state index in [4.69, 9.17) is 27.6 Å². The Bertz CT molecular complexity index is 1520. The lowest BCUT2D eigenvalue weighted by Gasteiger charge is -2.33. The third-order valence-corrected chi connectivity index (χ3v) is 6.23.